The molecular formula is C17H27N3O4. The third-order valence-corrected chi connectivity index (χ3v) is 3.96. The second kappa shape index (κ2) is 10.2. The van der Waals surface area contributed by atoms with Crippen molar-refractivity contribution in [2.45, 2.75) is 64.7 Å². The van der Waals surface area contributed by atoms with E-state index in [0.29, 0.717) is 19.0 Å². The smallest absolute Gasteiger partial charge is 0.349 e. The summed E-state index contributed by atoms with van der Waals surface area (Å²) in [4.78, 5) is 26.8. The fourth-order valence-corrected chi connectivity index (χ4v) is 2.72. The molecule has 1 unspecified atom stereocenters. The Kier molecular flexibility index (Phi) is 7.91. The van der Waals surface area contributed by atoms with Crippen molar-refractivity contribution in [1.29, 1.82) is 0 Å². The topological polar surface area (TPSA) is 82.5 Å². The van der Waals surface area contributed by atoms with E-state index < -0.39 is 0 Å². The van der Waals surface area contributed by atoms with E-state index in [1.54, 1.807) is 6.07 Å². The molecule has 1 saturated heterocycles. The van der Waals surface area contributed by atoms with Gasteiger partial charge >= 0.3 is 5.69 Å². The van der Waals surface area contributed by atoms with Crippen LogP contribution < -0.4 is 11.0 Å². The van der Waals surface area contributed by atoms with Gasteiger partial charge in [0.05, 0.1) is 0 Å². The third kappa shape index (κ3) is 6.41. The summed E-state index contributed by atoms with van der Waals surface area (Å²) in [6, 6.07) is 1.64. The predicted molar refractivity (Wildman–Crippen MR) is 90.8 cm³/mol. The Balaban J connectivity index is 1.63. The Bertz CT molecular complexity index is 567. The molecule has 1 fully saturated rings. The summed E-state index contributed by atoms with van der Waals surface area (Å²) in [5.74, 6) is 0.303. The molecule has 7 nitrogen and oxygen atoms in total. The molecule has 2 rings (SSSR count). The number of ether oxygens (including phenoxy) is 2. The first-order valence-electron chi connectivity index (χ1n) is 8.73. The van der Waals surface area contributed by atoms with Gasteiger partial charge in [0.1, 0.15) is 5.82 Å². The minimum Gasteiger partial charge on any atom is -0.353 e. The van der Waals surface area contributed by atoms with Gasteiger partial charge in [-0.05, 0) is 38.2 Å². The van der Waals surface area contributed by atoms with E-state index in [9.17, 15) is 9.59 Å². The summed E-state index contributed by atoms with van der Waals surface area (Å²) < 4.78 is 12.7. The van der Waals surface area contributed by atoms with Gasteiger partial charge in [-0.15, -0.1) is 0 Å². The van der Waals surface area contributed by atoms with Crippen LogP contribution in [0, 0.1) is 0 Å². The monoisotopic (exact) mass is 337 g/mol. The first-order valence-corrected chi connectivity index (χ1v) is 8.73. The van der Waals surface area contributed by atoms with Gasteiger partial charge < -0.3 is 14.8 Å². The highest BCUT2D eigenvalue weighted by Crippen LogP contribution is 2.14. The molecule has 0 aromatic carbocycles. The lowest BCUT2D eigenvalue weighted by Crippen LogP contribution is -2.26. The van der Waals surface area contributed by atoms with Crippen molar-refractivity contribution in [3.63, 3.8) is 0 Å². The zero-order chi connectivity index (χ0) is 17.2. The van der Waals surface area contributed by atoms with E-state index in [4.69, 9.17) is 9.47 Å². The highest BCUT2D eigenvalue weighted by Gasteiger charge is 2.13. The van der Waals surface area contributed by atoms with Crippen LogP contribution in [-0.4, -0.2) is 35.0 Å². The lowest BCUT2D eigenvalue weighted by atomic mass is 10.2. The molecule has 134 valence electrons. The summed E-state index contributed by atoms with van der Waals surface area (Å²) in [5.41, 5.74) is -0.334. The molecule has 1 atom stereocenters. The van der Waals surface area contributed by atoms with E-state index in [1.807, 2.05) is 0 Å². The largest absolute Gasteiger partial charge is 0.353 e. The number of rotatable bonds is 9. The molecule has 24 heavy (non-hydrogen) atoms. The van der Waals surface area contributed by atoms with Gasteiger partial charge in [-0.1, -0.05) is 12.8 Å². The van der Waals surface area contributed by atoms with Crippen LogP contribution in [-0.2, 0) is 20.8 Å². The van der Waals surface area contributed by atoms with Crippen molar-refractivity contribution in [1.82, 2.24) is 9.55 Å². The molecule has 0 radical (unpaired) electrons. The minimum absolute atomic E-state index is 0.0204. The average molecular weight is 337 g/mol. The standard InChI is InChI=1S/C17H27N3O4/c1-14(21)19-15-9-10-18-17(22)20(15)11-5-2-3-6-12-23-16-8-4-7-13-24-16/h9-10,16H,2-8,11-13H2,1H3,(H,19,21). The van der Waals surface area contributed by atoms with Crippen LogP contribution in [0.5, 0.6) is 0 Å². The molecule has 0 bridgehead atoms. The quantitative estimate of drug-likeness (QED) is 0.699. The third-order valence-electron chi connectivity index (χ3n) is 3.96. The Morgan fingerprint density at radius 3 is 2.96 bits per heavy atom. The lowest BCUT2D eigenvalue weighted by molar-refractivity contribution is -0.162. The first kappa shape index (κ1) is 18.6. The normalized spacial score (nSPS) is 17.6. The van der Waals surface area contributed by atoms with Gasteiger partial charge in [0.15, 0.2) is 6.29 Å². The van der Waals surface area contributed by atoms with Crippen LogP contribution in [0.3, 0.4) is 0 Å². The Morgan fingerprint density at radius 2 is 2.21 bits per heavy atom. The molecular weight excluding hydrogens is 310 g/mol. The number of aromatic nitrogens is 2. The number of hydrogen-bond acceptors (Lipinski definition) is 5. The van der Waals surface area contributed by atoms with Crippen LogP contribution in [0.4, 0.5) is 5.82 Å². The zero-order valence-corrected chi connectivity index (χ0v) is 14.3. The van der Waals surface area contributed by atoms with Crippen LogP contribution in [0.25, 0.3) is 0 Å². The average Bonchev–Trinajstić information content (AvgIpc) is 2.56. The highest BCUT2D eigenvalue weighted by molar-refractivity contribution is 5.87. The number of carbonyl (C=O) groups is 1. The molecule has 1 aliphatic heterocycles. The Morgan fingerprint density at radius 1 is 1.38 bits per heavy atom. The molecule has 1 N–H and O–H groups in total. The number of hydrogen-bond donors (Lipinski definition) is 1. The molecule has 2 heterocycles. The van der Waals surface area contributed by atoms with Gasteiger partial charge in [0, 0.05) is 32.9 Å². The molecule has 1 aromatic heterocycles. The van der Waals surface area contributed by atoms with E-state index in [2.05, 4.69) is 10.3 Å². The van der Waals surface area contributed by atoms with Gasteiger partial charge in [0.25, 0.3) is 0 Å². The van der Waals surface area contributed by atoms with Gasteiger partial charge in [-0.2, -0.15) is 0 Å². The maximum absolute atomic E-state index is 11.8. The van der Waals surface area contributed by atoms with Gasteiger partial charge in [0.2, 0.25) is 5.91 Å². The second-order valence-corrected chi connectivity index (χ2v) is 6.03. The van der Waals surface area contributed by atoms with Crippen molar-refractivity contribution < 1.29 is 14.3 Å². The first-order chi connectivity index (χ1) is 11.7. The van der Waals surface area contributed by atoms with Gasteiger partial charge in [-0.3, -0.25) is 9.36 Å². The maximum Gasteiger partial charge on any atom is 0.349 e. The molecule has 1 amide bonds. The molecule has 1 aromatic rings. The number of nitrogens with zero attached hydrogens (tertiary/aromatic N) is 2. The van der Waals surface area contributed by atoms with Crippen LogP contribution in [0.1, 0.15) is 51.9 Å². The molecule has 7 heteroatoms. The summed E-state index contributed by atoms with van der Waals surface area (Å²) in [6.07, 6.45) is 8.58. The van der Waals surface area contributed by atoms with E-state index in [-0.39, 0.29) is 17.9 Å². The van der Waals surface area contributed by atoms with E-state index >= 15 is 0 Å². The zero-order valence-electron chi connectivity index (χ0n) is 14.3. The number of carbonyl (C=O) groups excluding carboxylic acids is 1. The summed E-state index contributed by atoms with van der Waals surface area (Å²) in [7, 11) is 0. The van der Waals surface area contributed by atoms with E-state index in [1.165, 1.54) is 24.1 Å². The fourth-order valence-electron chi connectivity index (χ4n) is 2.72. The number of anilines is 1. The van der Waals surface area contributed by atoms with Crippen molar-refractivity contribution in [2.24, 2.45) is 0 Å². The summed E-state index contributed by atoms with van der Waals surface area (Å²) in [5, 5.41) is 2.66. The van der Waals surface area contributed by atoms with Crippen LogP contribution >= 0.6 is 0 Å². The second-order valence-electron chi connectivity index (χ2n) is 6.03. The minimum atomic E-state index is -0.334. The fraction of sp³-hybridized carbons (Fsp3) is 0.706. The SMILES string of the molecule is CC(=O)Nc1ccnc(=O)n1CCCCCCOC1CCCCO1. The maximum atomic E-state index is 11.8. The van der Waals surface area contributed by atoms with Crippen LogP contribution in [0.15, 0.2) is 17.1 Å². The molecule has 1 aliphatic rings. The van der Waals surface area contributed by atoms with Gasteiger partial charge in [-0.25, -0.2) is 9.78 Å². The number of nitrogens with one attached hydrogen (secondary N) is 1. The molecule has 0 saturated carbocycles. The van der Waals surface area contributed by atoms with E-state index in [0.717, 1.165) is 45.1 Å². The lowest BCUT2D eigenvalue weighted by Gasteiger charge is -2.22. The predicted octanol–water partition coefficient (Wildman–Crippen LogP) is 2.31. The van der Waals surface area contributed by atoms with Crippen molar-refractivity contribution >= 4 is 11.7 Å². The Hall–Kier alpha value is -1.73. The van der Waals surface area contributed by atoms with Crippen LogP contribution in [0.2, 0.25) is 0 Å². The number of amides is 1. The van der Waals surface area contributed by atoms with Crippen molar-refractivity contribution in [3.05, 3.63) is 22.7 Å². The molecule has 0 aliphatic carbocycles. The number of unbranched alkanes of at least 4 members (excludes halogenated alkanes) is 3. The van der Waals surface area contributed by atoms with Crippen molar-refractivity contribution in [3.8, 4) is 0 Å². The van der Waals surface area contributed by atoms with Crippen molar-refractivity contribution in [2.75, 3.05) is 18.5 Å². The highest BCUT2D eigenvalue weighted by atomic mass is 16.7. The Labute approximate surface area is 142 Å². The molecule has 0 spiro atoms. The summed E-state index contributed by atoms with van der Waals surface area (Å²) >= 11 is 0. The summed E-state index contributed by atoms with van der Waals surface area (Å²) in [6.45, 7) is 3.50.